The van der Waals surface area contributed by atoms with Crippen LogP contribution in [-0.4, -0.2) is 24.0 Å². The van der Waals surface area contributed by atoms with Gasteiger partial charge in [0.1, 0.15) is 5.75 Å². The minimum absolute atomic E-state index is 0.0357. The Kier molecular flexibility index (Phi) is 9.14. The molecule has 130 valence electrons. The van der Waals surface area contributed by atoms with Crippen molar-refractivity contribution in [3.05, 3.63) is 35.9 Å². The fraction of sp³-hybridized carbons (Fsp3) is 0.353. The number of hydrogen-bond acceptors (Lipinski definition) is 4. The first kappa shape index (κ1) is 19.6. The zero-order valence-corrected chi connectivity index (χ0v) is 14.7. The lowest BCUT2D eigenvalue weighted by Gasteiger charge is -2.09. The lowest BCUT2D eigenvalue weighted by atomic mass is 10.2. The minimum Gasteiger partial charge on any atom is -0.496 e. The molecule has 1 aromatic rings. The predicted octanol–water partition coefficient (Wildman–Crippen LogP) is 2.31. The van der Waals surface area contributed by atoms with Gasteiger partial charge >= 0.3 is 0 Å². The smallest absolute Gasteiger partial charge is 0.250 e. The van der Waals surface area contributed by atoms with Gasteiger partial charge in [0.25, 0.3) is 0 Å². The summed E-state index contributed by atoms with van der Waals surface area (Å²) in [5.74, 6) is 0.102. The molecule has 3 N–H and O–H groups in total. The second-order valence-electron chi connectivity index (χ2n) is 5.02. The van der Waals surface area contributed by atoms with E-state index in [1.165, 1.54) is 6.08 Å². The number of carbonyl (C=O) groups excluding carboxylic acids is 2. The van der Waals surface area contributed by atoms with Gasteiger partial charge in [-0.3, -0.25) is 25.8 Å². The summed E-state index contributed by atoms with van der Waals surface area (Å²) in [6.07, 6.45) is 6.26. The first-order valence-electron chi connectivity index (χ1n) is 7.77. The summed E-state index contributed by atoms with van der Waals surface area (Å²) in [6.45, 7) is 2.07. The number of rotatable bonds is 7. The molecule has 0 bridgehead atoms. The van der Waals surface area contributed by atoms with Gasteiger partial charge in [-0.05, 0) is 30.8 Å². The van der Waals surface area contributed by atoms with Crippen LogP contribution in [0, 0.1) is 0 Å². The van der Waals surface area contributed by atoms with E-state index in [-0.39, 0.29) is 11.0 Å². The highest BCUT2D eigenvalue weighted by atomic mass is 32.1. The number of thiocarbonyl (C=S) groups is 1. The number of hydrogen-bond donors (Lipinski definition) is 3. The number of para-hydroxylation sites is 1. The number of carbonyl (C=O) groups is 2. The third-order valence-electron chi connectivity index (χ3n) is 3.11. The molecule has 0 aliphatic rings. The van der Waals surface area contributed by atoms with Crippen LogP contribution in [0.25, 0.3) is 6.08 Å². The van der Waals surface area contributed by atoms with Gasteiger partial charge in [0, 0.05) is 18.1 Å². The van der Waals surface area contributed by atoms with Crippen molar-refractivity contribution < 1.29 is 14.3 Å². The average Bonchev–Trinajstić information content (AvgIpc) is 2.58. The molecule has 0 heterocycles. The summed E-state index contributed by atoms with van der Waals surface area (Å²) in [7, 11) is 1.56. The summed E-state index contributed by atoms with van der Waals surface area (Å²) < 4.78 is 5.20. The minimum atomic E-state index is -0.404. The fourth-order valence-electron chi connectivity index (χ4n) is 1.88. The molecular weight excluding hydrogens is 326 g/mol. The predicted molar refractivity (Wildman–Crippen MR) is 98.2 cm³/mol. The molecule has 24 heavy (non-hydrogen) atoms. The zero-order chi connectivity index (χ0) is 17.8. The van der Waals surface area contributed by atoms with Crippen LogP contribution in [0.15, 0.2) is 30.3 Å². The molecule has 0 spiro atoms. The first-order valence-corrected chi connectivity index (χ1v) is 8.18. The third-order valence-corrected chi connectivity index (χ3v) is 3.32. The Morgan fingerprint density at radius 1 is 1.21 bits per heavy atom. The van der Waals surface area contributed by atoms with Crippen LogP contribution in [0.5, 0.6) is 5.75 Å². The monoisotopic (exact) mass is 349 g/mol. The maximum atomic E-state index is 11.8. The van der Waals surface area contributed by atoms with Crippen molar-refractivity contribution in [2.45, 2.75) is 32.6 Å². The molecule has 0 saturated carbocycles. The highest BCUT2D eigenvalue weighted by molar-refractivity contribution is 7.80. The summed E-state index contributed by atoms with van der Waals surface area (Å²) in [4.78, 5) is 23.3. The number of amides is 2. The molecule has 0 unspecified atom stereocenters. The quantitative estimate of drug-likeness (QED) is 0.305. The Morgan fingerprint density at radius 3 is 2.67 bits per heavy atom. The maximum Gasteiger partial charge on any atom is 0.250 e. The summed E-state index contributed by atoms with van der Waals surface area (Å²) in [6, 6.07) is 7.33. The van der Waals surface area contributed by atoms with Gasteiger partial charge in [-0.25, -0.2) is 0 Å². The van der Waals surface area contributed by atoms with Crippen LogP contribution >= 0.6 is 12.2 Å². The number of unbranched alkanes of at least 4 members (excludes halogenated alkanes) is 2. The summed E-state index contributed by atoms with van der Waals surface area (Å²) in [5, 5.41) is 2.48. The standard InChI is InChI=1S/C17H23N3O3S/c1-3-4-5-10-16(22)19-20-17(24)18-15(21)12-11-13-8-6-7-9-14(13)23-2/h6-9,11-12H,3-5,10H2,1-2H3,(H,19,22)(H2,18,20,21,24). The van der Waals surface area contributed by atoms with Crippen LogP contribution in [0.2, 0.25) is 0 Å². The van der Waals surface area contributed by atoms with Crippen molar-refractivity contribution in [2.24, 2.45) is 0 Å². The van der Waals surface area contributed by atoms with E-state index in [2.05, 4.69) is 23.1 Å². The van der Waals surface area contributed by atoms with Crippen LogP contribution < -0.4 is 20.9 Å². The van der Waals surface area contributed by atoms with E-state index in [9.17, 15) is 9.59 Å². The molecule has 2 amide bonds. The van der Waals surface area contributed by atoms with E-state index in [1.54, 1.807) is 19.3 Å². The molecule has 0 aliphatic carbocycles. The average molecular weight is 349 g/mol. The number of ether oxygens (including phenoxy) is 1. The lowest BCUT2D eigenvalue weighted by Crippen LogP contribution is -2.48. The molecular formula is C17H23N3O3S. The van der Waals surface area contributed by atoms with Crippen LogP contribution in [0.1, 0.15) is 38.2 Å². The number of benzene rings is 1. The van der Waals surface area contributed by atoms with Crippen LogP contribution in [0.3, 0.4) is 0 Å². The fourth-order valence-corrected chi connectivity index (χ4v) is 2.03. The molecule has 1 rings (SSSR count). The topological polar surface area (TPSA) is 79.5 Å². The van der Waals surface area contributed by atoms with Crippen molar-refractivity contribution in [3.8, 4) is 5.75 Å². The first-order chi connectivity index (χ1) is 11.6. The van der Waals surface area contributed by atoms with Gasteiger partial charge in [0.15, 0.2) is 5.11 Å². The van der Waals surface area contributed by atoms with Crippen molar-refractivity contribution in [2.75, 3.05) is 7.11 Å². The molecule has 0 fully saturated rings. The third kappa shape index (κ3) is 7.73. The van der Waals surface area contributed by atoms with Gasteiger partial charge in [-0.1, -0.05) is 38.0 Å². The van der Waals surface area contributed by atoms with Crippen LogP contribution in [-0.2, 0) is 9.59 Å². The van der Waals surface area contributed by atoms with Gasteiger partial charge in [0.2, 0.25) is 11.8 Å². The van der Waals surface area contributed by atoms with Gasteiger partial charge < -0.3 is 4.74 Å². The van der Waals surface area contributed by atoms with E-state index < -0.39 is 5.91 Å². The Balaban J connectivity index is 2.37. The van der Waals surface area contributed by atoms with Crippen molar-refractivity contribution >= 4 is 35.2 Å². The van der Waals surface area contributed by atoms with E-state index in [0.717, 1.165) is 24.8 Å². The largest absolute Gasteiger partial charge is 0.496 e. The molecule has 0 aliphatic heterocycles. The molecule has 6 nitrogen and oxygen atoms in total. The number of nitrogens with one attached hydrogen (secondary N) is 3. The molecule has 0 aromatic heterocycles. The molecule has 7 heteroatoms. The van der Waals surface area contributed by atoms with E-state index in [4.69, 9.17) is 17.0 Å². The Hall–Kier alpha value is -2.41. The highest BCUT2D eigenvalue weighted by Crippen LogP contribution is 2.18. The maximum absolute atomic E-state index is 11.8. The molecule has 0 radical (unpaired) electrons. The SMILES string of the molecule is CCCCCC(=O)NNC(=S)NC(=O)C=Cc1ccccc1OC. The van der Waals surface area contributed by atoms with Gasteiger partial charge in [-0.15, -0.1) is 0 Å². The Bertz CT molecular complexity index is 602. The number of hydrazine groups is 1. The zero-order valence-electron chi connectivity index (χ0n) is 13.9. The van der Waals surface area contributed by atoms with Crippen LogP contribution in [0.4, 0.5) is 0 Å². The summed E-state index contributed by atoms with van der Waals surface area (Å²) >= 11 is 4.95. The molecule has 0 saturated heterocycles. The Labute approximate surface area is 147 Å². The highest BCUT2D eigenvalue weighted by Gasteiger charge is 2.04. The lowest BCUT2D eigenvalue weighted by molar-refractivity contribution is -0.122. The normalized spacial score (nSPS) is 10.2. The van der Waals surface area contributed by atoms with E-state index in [0.29, 0.717) is 12.2 Å². The van der Waals surface area contributed by atoms with Crippen molar-refractivity contribution in [1.82, 2.24) is 16.2 Å². The summed E-state index contributed by atoms with van der Waals surface area (Å²) in [5.41, 5.74) is 5.73. The van der Waals surface area contributed by atoms with Crippen molar-refractivity contribution in [3.63, 3.8) is 0 Å². The molecule has 0 atom stereocenters. The van der Waals surface area contributed by atoms with Crippen molar-refractivity contribution in [1.29, 1.82) is 0 Å². The molecule has 1 aromatic carbocycles. The number of methoxy groups -OCH3 is 1. The second-order valence-corrected chi connectivity index (χ2v) is 5.43. The van der Waals surface area contributed by atoms with E-state index in [1.807, 2.05) is 18.2 Å². The van der Waals surface area contributed by atoms with Gasteiger partial charge in [0.05, 0.1) is 7.11 Å². The Morgan fingerprint density at radius 2 is 1.96 bits per heavy atom. The second kappa shape index (κ2) is 11.2. The van der Waals surface area contributed by atoms with E-state index >= 15 is 0 Å². The van der Waals surface area contributed by atoms with Gasteiger partial charge in [-0.2, -0.15) is 0 Å².